The summed E-state index contributed by atoms with van der Waals surface area (Å²) < 4.78 is 32.2. The molecule has 3 rings (SSSR count). The molecule has 3 aromatic rings. The Kier molecular flexibility index (Phi) is 10.5. The molecule has 39 heavy (non-hydrogen) atoms. The van der Waals surface area contributed by atoms with Crippen molar-refractivity contribution in [1.82, 2.24) is 10.2 Å². The van der Waals surface area contributed by atoms with Crippen LogP contribution in [0.15, 0.2) is 78.9 Å². The lowest BCUT2D eigenvalue weighted by atomic mass is 10.0. The summed E-state index contributed by atoms with van der Waals surface area (Å²) in [5.41, 5.74) is 2.78. The molecule has 1 N–H and O–H groups in total. The minimum absolute atomic E-state index is 0.0957. The minimum Gasteiger partial charge on any atom is -0.497 e. The number of hydrogen-bond acceptors (Lipinski definition) is 5. The maximum absolute atomic E-state index is 14.1. The first kappa shape index (κ1) is 29.7. The number of rotatable bonds is 13. The van der Waals surface area contributed by atoms with Gasteiger partial charge in [0, 0.05) is 19.5 Å². The van der Waals surface area contributed by atoms with Crippen LogP contribution in [0.1, 0.15) is 30.0 Å². The second-order valence-corrected chi connectivity index (χ2v) is 11.3. The van der Waals surface area contributed by atoms with E-state index in [1.54, 1.807) is 44.4 Å². The number of para-hydroxylation sites is 1. The van der Waals surface area contributed by atoms with Gasteiger partial charge in [-0.25, -0.2) is 8.42 Å². The third-order valence-electron chi connectivity index (χ3n) is 6.37. The fourth-order valence-electron chi connectivity index (χ4n) is 4.33. The van der Waals surface area contributed by atoms with Crippen molar-refractivity contribution in [2.45, 2.75) is 39.3 Å². The Hall–Kier alpha value is -3.85. The van der Waals surface area contributed by atoms with Gasteiger partial charge in [-0.1, -0.05) is 67.6 Å². The molecule has 0 radical (unpaired) electrons. The number of ether oxygens (including phenoxy) is 1. The van der Waals surface area contributed by atoms with E-state index in [0.29, 0.717) is 18.0 Å². The summed E-state index contributed by atoms with van der Waals surface area (Å²) in [6.45, 7) is 3.86. The Morgan fingerprint density at radius 1 is 0.949 bits per heavy atom. The molecule has 0 aromatic heterocycles. The molecule has 0 fully saturated rings. The molecule has 1 atom stereocenters. The number of anilines is 1. The van der Waals surface area contributed by atoms with E-state index >= 15 is 0 Å². The molecular weight excluding hydrogens is 514 g/mol. The topological polar surface area (TPSA) is 96.0 Å². The van der Waals surface area contributed by atoms with E-state index in [0.717, 1.165) is 33.7 Å². The molecule has 0 aliphatic carbocycles. The van der Waals surface area contributed by atoms with Crippen molar-refractivity contribution in [2.75, 3.05) is 30.8 Å². The van der Waals surface area contributed by atoms with E-state index < -0.39 is 28.5 Å². The van der Waals surface area contributed by atoms with E-state index in [2.05, 4.69) is 5.32 Å². The van der Waals surface area contributed by atoms with Gasteiger partial charge in [0.05, 0.1) is 19.1 Å². The summed E-state index contributed by atoms with van der Waals surface area (Å²) in [6, 6.07) is 22.9. The SMILES string of the molecule is CCCNC(=O)[C@@H](Cc1ccccc1)N(Cc1cccc(OC)c1)C(=O)CN(c1ccccc1C)S(C)(=O)=O. The van der Waals surface area contributed by atoms with Crippen LogP contribution < -0.4 is 14.4 Å². The number of sulfonamides is 1. The average Bonchev–Trinajstić information content (AvgIpc) is 2.92. The first-order valence-electron chi connectivity index (χ1n) is 12.9. The van der Waals surface area contributed by atoms with Crippen LogP contribution in [0.5, 0.6) is 5.75 Å². The average molecular weight is 552 g/mol. The smallest absolute Gasteiger partial charge is 0.244 e. The maximum Gasteiger partial charge on any atom is 0.244 e. The number of nitrogens with one attached hydrogen (secondary N) is 1. The van der Waals surface area contributed by atoms with Crippen molar-refractivity contribution in [1.29, 1.82) is 0 Å². The van der Waals surface area contributed by atoms with Crippen LogP contribution in [0.4, 0.5) is 5.69 Å². The third kappa shape index (κ3) is 8.32. The van der Waals surface area contributed by atoms with Crippen molar-refractivity contribution in [3.05, 3.63) is 95.6 Å². The minimum atomic E-state index is -3.81. The number of methoxy groups -OCH3 is 1. The number of carbonyl (C=O) groups is 2. The highest BCUT2D eigenvalue weighted by Gasteiger charge is 2.33. The van der Waals surface area contributed by atoms with Crippen molar-refractivity contribution >= 4 is 27.5 Å². The van der Waals surface area contributed by atoms with E-state index in [1.165, 1.54) is 4.90 Å². The van der Waals surface area contributed by atoms with Crippen LogP contribution >= 0.6 is 0 Å². The maximum atomic E-state index is 14.1. The van der Waals surface area contributed by atoms with Crippen LogP contribution in [0.2, 0.25) is 0 Å². The Morgan fingerprint density at radius 2 is 1.62 bits per heavy atom. The standard InChI is InChI=1S/C30H37N3O5S/c1-5-18-31-30(35)28(20-24-13-7-6-8-14-24)32(21-25-15-11-16-26(19-25)38-3)29(34)22-33(39(4,36)37)27-17-10-9-12-23(27)2/h6-17,19,28H,5,18,20-22H2,1-4H3,(H,31,35)/t28-/m1/s1. The molecule has 2 amide bonds. The number of aryl methyl sites for hydroxylation is 1. The number of amides is 2. The summed E-state index contributed by atoms with van der Waals surface area (Å²) in [5.74, 6) is -0.162. The van der Waals surface area contributed by atoms with Gasteiger partial charge in [0.25, 0.3) is 0 Å². The van der Waals surface area contributed by atoms with Crippen LogP contribution in [0.3, 0.4) is 0 Å². The zero-order valence-electron chi connectivity index (χ0n) is 23.0. The highest BCUT2D eigenvalue weighted by atomic mass is 32.2. The van der Waals surface area contributed by atoms with Crippen molar-refractivity contribution in [3.63, 3.8) is 0 Å². The van der Waals surface area contributed by atoms with Gasteiger partial charge in [-0.15, -0.1) is 0 Å². The molecule has 0 saturated heterocycles. The first-order chi connectivity index (χ1) is 18.6. The predicted octanol–water partition coefficient (Wildman–Crippen LogP) is 3.94. The molecule has 0 heterocycles. The van der Waals surface area contributed by atoms with Gasteiger partial charge in [0.2, 0.25) is 21.8 Å². The third-order valence-corrected chi connectivity index (χ3v) is 7.50. The van der Waals surface area contributed by atoms with Gasteiger partial charge in [-0.3, -0.25) is 13.9 Å². The lowest BCUT2D eigenvalue weighted by Gasteiger charge is -2.33. The second-order valence-electron chi connectivity index (χ2n) is 9.43. The molecule has 0 saturated carbocycles. The fraction of sp³-hybridized carbons (Fsp3) is 0.333. The number of hydrogen-bond donors (Lipinski definition) is 1. The monoisotopic (exact) mass is 551 g/mol. The predicted molar refractivity (Wildman–Crippen MR) is 154 cm³/mol. The highest BCUT2D eigenvalue weighted by molar-refractivity contribution is 7.92. The van der Waals surface area contributed by atoms with Gasteiger partial charge in [0.1, 0.15) is 18.3 Å². The zero-order chi connectivity index (χ0) is 28.4. The molecule has 0 aliphatic heterocycles. The molecule has 8 nitrogen and oxygen atoms in total. The van der Waals surface area contributed by atoms with Crippen molar-refractivity contribution in [2.24, 2.45) is 0 Å². The van der Waals surface area contributed by atoms with Crippen LogP contribution in [-0.2, 0) is 32.6 Å². The summed E-state index contributed by atoms with van der Waals surface area (Å²) >= 11 is 0. The summed E-state index contributed by atoms with van der Waals surface area (Å²) in [5, 5.41) is 2.93. The fourth-order valence-corrected chi connectivity index (χ4v) is 5.23. The number of benzene rings is 3. The second kappa shape index (κ2) is 13.8. The molecule has 0 spiro atoms. The summed E-state index contributed by atoms with van der Waals surface area (Å²) in [7, 11) is -2.25. The normalized spacial score (nSPS) is 11.9. The summed E-state index contributed by atoms with van der Waals surface area (Å²) in [6.07, 6.45) is 2.09. The van der Waals surface area contributed by atoms with Crippen molar-refractivity contribution < 1.29 is 22.7 Å². The Balaban J connectivity index is 2.06. The van der Waals surface area contributed by atoms with Crippen LogP contribution in [-0.4, -0.2) is 57.6 Å². The molecule has 208 valence electrons. The van der Waals surface area contributed by atoms with Gasteiger partial charge < -0.3 is 15.0 Å². The Bertz CT molecular complexity index is 1360. The first-order valence-corrected chi connectivity index (χ1v) is 14.8. The quantitative estimate of drug-likeness (QED) is 0.347. The molecular formula is C30H37N3O5S. The largest absolute Gasteiger partial charge is 0.497 e. The van der Waals surface area contributed by atoms with Gasteiger partial charge in [0.15, 0.2) is 0 Å². The molecule has 0 bridgehead atoms. The lowest BCUT2D eigenvalue weighted by Crippen LogP contribution is -2.53. The van der Waals surface area contributed by atoms with Gasteiger partial charge in [-0.05, 0) is 48.2 Å². The lowest BCUT2D eigenvalue weighted by molar-refractivity contribution is -0.140. The van der Waals surface area contributed by atoms with Gasteiger partial charge >= 0.3 is 0 Å². The van der Waals surface area contributed by atoms with E-state index in [-0.39, 0.29) is 18.9 Å². The Labute approximate surface area is 231 Å². The van der Waals surface area contributed by atoms with Crippen LogP contribution in [0, 0.1) is 6.92 Å². The van der Waals surface area contributed by atoms with Gasteiger partial charge in [-0.2, -0.15) is 0 Å². The van der Waals surface area contributed by atoms with E-state index in [1.807, 2.05) is 55.5 Å². The Morgan fingerprint density at radius 3 is 2.26 bits per heavy atom. The van der Waals surface area contributed by atoms with E-state index in [4.69, 9.17) is 4.74 Å². The number of carbonyl (C=O) groups excluding carboxylic acids is 2. The highest BCUT2D eigenvalue weighted by Crippen LogP contribution is 2.24. The zero-order valence-corrected chi connectivity index (χ0v) is 23.8. The molecule has 9 heteroatoms. The summed E-state index contributed by atoms with van der Waals surface area (Å²) in [4.78, 5) is 29.0. The van der Waals surface area contributed by atoms with Crippen LogP contribution in [0.25, 0.3) is 0 Å². The number of nitrogens with zero attached hydrogens (tertiary/aromatic N) is 2. The van der Waals surface area contributed by atoms with Crippen molar-refractivity contribution in [3.8, 4) is 5.75 Å². The molecule has 3 aromatic carbocycles. The van der Waals surface area contributed by atoms with E-state index in [9.17, 15) is 18.0 Å². The molecule has 0 unspecified atom stereocenters. The molecule has 0 aliphatic rings.